The van der Waals surface area contributed by atoms with Crippen molar-refractivity contribution in [3.05, 3.63) is 179 Å². The van der Waals surface area contributed by atoms with Crippen LogP contribution in [0.15, 0.2) is 146 Å². The van der Waals surface area contributed by atoms with Gasteiger partial charge in [-0.1, -0.05) is 91.0 Å². The fraction of sp³-hybridized carbons (Fsp3) is 0.240. The van der Waals surface area contributed by atoms with Crippen LogP contribution < -0.4 is 80.0 Å². The number of nitrogens with one attached hydrogen (secondary N) is 2. The maximum atomic E-state index is 13.0. The van der Waals surface area contributed by atoms with Crippen LogP contribution in [0.3, 0.4) is 0 Å². The van der Waals surface area contributed by atoms with E-state index >= 15 is 0 Å². The summed E-state index contributed by atoms with van der Waals surface area (Å²) in [4.78, 5) is 57.1. The molecule has 66 heavy (non-hydrogen) atoms. The van der Waals surface area contributed by atoms with E-state index in [9.17, 15) is 39.6 Å². The standard InChI is InChI=1S/2C25H26N2O4S.2Na/c1-32-13-11-22(25(30)31)27-24(29)20-10-9-19(15-21(20)18-7-3-2-4-8-18)23(28)14-17-6-5-12-26-16-17;1-32-13-11-22(25(30)31)27-24(29)20-10-9-17(14-21(20)18-6-3-2-4-7-18)15-23(28)19-8-5-12-26-16-19;;/h2-10,12,15-16,22-23,28H,11,13-14H2,1H3,(H,27,29)(H,30,31);2-10,12,14,16,22-23,28H,11,13,15H2,1H3,(H,27,29)(H,30,31);;/q;;2*+1/p-2/t2*22-,23?;;/m00../s1. The summed E-state index contributed by atoms with van der Waals surface area (Å²) >= 11 is 3.01. The van der Waals surface area contributed by atoms with Crippen molar-refractivity contribution >= 4 is 47.3 Å². The third-order valence-electron chi connectivity index (χ3n) is 10.2. The monoisotopic (exact) mass is 944 g/mol. The maximum Gasteiger partial charge on any atom is 1.00 e. The topological polar surface area (TPSA) is 205 Å². The molecule has 0 aliphatic carbocycles. The molecule has 2 aromatic heterocycles. The zero-order valence-electron chi connectivity index (χ0n) is 37.5. The van der Waals surface area contributed by atoms with Gasteiger partial charge in [0.1, 0.15) is 0 Å². The number of hydrogen-bond donors (Lipinski definition) is 4. The van der Waals surface area contributed by atoms with Gasteiger partial charge in [0.2, 0.25) is 0 Å². The van der Waals surface area contributed by atoms with E-state index in [4.69, 9.17) is 0 Å². The van der Waals surface area contributed by atoms with E-state index < -0.39 is 48.0 Å². The van der Waals surface area contributed by atoms with E-state index in [1.54, 1.807) is 61.2 Å². The largest absolute Gasteiger partial charge is 1.00 e. The molecule has 2 heterocycles. The predicted molar refractivity (Wildman–Crippen MR) is 248 cm³/mol. The van der Waals surface area contributed by atoms with Gasteiger partial charge in [0.25, 0.3) is 11.8 Å². The fourth-order valence-corrected chi connectivity index (χ4v) is 7.75. The number of aliphatic hydroxyl groups is 2. The minimum atomic E-state index is -1.31. The Balaban J connectivity index is 0.000000340. The Labute approximate surface area is 438 Å². The van der Waals surface area contributed by atoms with Crippen LogP contribution in [0.5, 0.6) is 0 Å². The first-order chi connectivity index (χ1) is 31.0. The third kappa shape index (κ3) is 17.1. The van der Waals surface area contributed by atoms with Gasteiger partial charge in [0.05, 0.1) is 36.2 Å². The fourth-order valence-electron chi connectivity index (χ4n) is 6.81. The average molecular weight is 945 g/mol. The molecule has 0 bridgehead atoms. The first-order valence-corrected chi connectivity index (χ1v) is 23.3. The van der Waals surface area contributed by atoms with Gasteiger partial charge in [-0.05, 0) is 112 Å². The Bertz CT molecular complexity index is 2440. The number of benzene rings is 4. The molecule has 4 atom stereocenters. The van der Waals surface area contributed by atoms with Crippen molar-refractivity contribution in [3.8, 4) is 22.3 Å². The van der Waals surface area contributed by atoms with Crippen molar-refractivity contribution in [3.63, 3.8) is 0 Å². The SMILES string of the molecule is CSCC[C@H](NC(=O)c1ccc(C(O)Cc2cccnc2)cc1-c1ccccc1)C(=O)[O-].CSCC[C@H](NC(=O)c1ccc(CC(O)c2cccnc2)cc1-c1ccccc1)C(=O)[O-].[Na+].[Na+]. The van der Waals surface area contributed by atoms with Gasteiger partial charge >= 0.3 is 59.1 Å². The summed E-state index contributed by atoms with van der Waals surface area (Å²) in [5, 5.41) is 49.5. The zero-order chi connectivity index (χ0) is 45.8. The number of amides is 2. The molecule has 2 unspecified atom stereocenters. The van der Waals surface area contributed by atoms with Crippen LogP contribution in [0, 0.1) is 0 Å². The van der Waals surface area contributed by atoms with Gasteiger partial charge in [-0.25, -0.2) is 0 Å². The smallest absolute Gasteiger partial charge is 0.548 e. The quantitative estimate of drug-likeness (QED) is 0.0700. The summed E-state index contributed by atoms with van der Waals surface area (Å²) in [6, 6.07) is 34.3. The molecule has 0 spiro atoms. The number of carbonyl (C=O) groups is 4. The number of aromatic nitrogens is 2. The van der Waals surface area contributed by atoms with Gasteiger partial charge in [-0.3, -0.25) is 19.6 Å². The molecule has 6 rings (SSSR count). The van der Waals surface area contributed by atoms with Gasteiger partial charge in [-0.15, -0.1) is 0 Å². The minimum Gasteiger partial charge on any atom is -0.548 e. The molecule has 0 saturated carbocycles. The molecule has 4 N–H and O–H groups in total. The molecule has 0 aliphatic rings. The second-order valence-electron chi connectivity index (χ2n) is 14.8. The number of aliphatic carboxylic acids is 2. The number of aliphatic hydroxyl groups excluding tert-OH is 2. The maximum absolute atomic E-state index is 13.0. The van der Waals surface area contributed by atoms with E-state index in [0.717, 1.165) is 22.3 Å². The molecule has 0 fully saturated rings. The Morgan fingerprint density at radius 2 is 1.03 bits per heavy atom. The number of hydrogen-bond acceptors (Lipinski definition) is 12. The number of rotatable bonds is 20. The number of carboxylic acids is 2. The second kappa shape index (κ2) is 29.4. The number of pyridine rings is 2. The van der Waals surface area contributed by atoms with Crippen LogP contribution in [0.1, 0.15) is 68.0 Å². The molecule has 0 saturated heterocycles. The molecular weight excluding hydrogens is 895 g/mol. The molecule has 332 valence electrons. The van der Waals surface area contributed by atoms with E-state index in [1.807, 2.05) is 97.4 Å². The van der Waals surface area contributed by atoms with E-state index in [1.165, 1.54) is 23.5 Å². The number of carbonyl (C=O) groups excluding carboxylic acids is 4. The normalized spacial score (nSPS) is 12.3. The first kappa shape index (κ1) is 56.0. The van der Waals surface area contributed by atoms with E-state index in [-0.39, 0.29) is 72.0 Å². The minimum absolute atomic E-state index is 0. The average Bonchev–Trinajstić information content (AvgIpc) is 3.32. The molecule has 12 nitrogen and oxygen atoms in total. The van der Waals surface area contributed by atoms with Crippen LogP contribution in [-0.4, -0.2) is 80.0 Å². The Kier molecular flexibility index (Phi) is 25.0. The van der Waals surface area contributed by atoms with Crippen LogP contribution in [0.2, 0.25) is 0 Å². The van der Waals surface area contributed by atoms with E-state index in [2.05, 4.69) is 20.6 Å². The Morgan fingerprint density at radius 1 is 0.561 bits per heavy atom. The van der Waals surface area contributed by atoms with Gasteiger partial charge in [-0.2, -0.15) is 23.5 Å². The summed E-state index contributed by atoms with van der Waals surface area (Å²) < 4.78 is 0. The van der Waals surface area contributed by atoms with Crippen molar-refractivity contribution in [1.29, 1.82) is 0 Å². The molecule has 0 aliphatic heterocycles. The molecule has 0 radical (unpaired) electrons. The molecule has 6 aromatic rings. The number of carboxylic acid groups (broad SMARTS) is 2. The first-order valence-electron chi connectivity index (χ1n) is 20.5. The van der Waals surface area contributed by atoms with Crippen LogP contribution in [-0.2, 0) is 22.4 Å². The van der Waals surface area contributed by atoms with Crippen molar-refractivity contribution in [2.24, 2.45) is 0 Å². The second-order valence-corrected chi connectivity index (χ2v) is 16.7. The van der Waals surface area contributed by atoms with Crippen LogP contribution >= 0.6 is 23.5 Å². The third-order valence-corrected chi connectivity index (χ3v) is 11.5. The summed E-state index contributed by atoms with van der Waals surface area (Å²) in [6.45, 7) is 0. The molecule has 2 amide bonds. The zero-order valence-corrected chi connectivity index (χ0v) is 43.1. The van der Waals surface area contributed by atoms with Crippen molar-refractivity contribution in [2.45, 2.75) is 50.0 Å². The molecule has 4 aromatic carbocycles. The summed E-state index contributed by atoms with van der Waals surface area (Å²) in [7, 11) is 0. The van der Waals surface area contributed by atoms with Gasteiger partial charge < -0.3 is 40.6 Å². The van der Waals surface area contributed by atoms with Gasteiger partial charge in [0, 0.05) is 48.8 Å². The number of thioether (sulfide) groups is 2. The van der Waals surface area contributed by atoms with Crippen LogP contribution in [0.4, 0.5) is 0 Å². The molecular formula is C50H50N4Na2O8S2. The van der Waals surface area contributed by atoms with Crippen molar-refractivity contribution < 1.29 is 98.7 Å². The summed E-state index contributed by atoms with van der Waals surface area (Å²) in [5.41, 5.74) is 6.71. The Hall–Kier alpha value is -4.32. The summed E-state index contributed by atoms with van der Waals surface area (Å²) in [5.74, 6) is -2.40. The Morgan fingerprint density at radius 3 is 1.50 bits per heavy atom. The van der Waals surface area contributed by atoms with Gasteiger partial charge in [0.15, 0.2) is 0 Å². The van der Waals surface area contributed by atoms with Crippen LogP contribution in [0.25, 0.3) is 22.3 Å². The number of nitrogens with zero attached hydrogens (tertiary/aromatic N) is 2. The predicted octanol–water partition coefficient (Wildman–Crippen LogP) is -0.740. The van der Waals surface area contributed by atoms with Crippen molar-refractivity contribution in [2.75, 3.05) is 24.0 Å². The van der Waals surface area contributed by atoms with E-state index in [0.29, 0.717) is 57.7 Å². The molecule has 16 heteroatoms. The van der Waals surface area contributed by atoms with Crippen molar-refractivity contribution in [1.82, 2.24) is 20.6 Å². The summed E-state index contributed by atoms with van der Waals surface area (Å²) in [6.07, 6.45) is 10.2.